The molecule has 0 saturated heterocycles. The van der Waals surface area contributed by atoms with Gasteiger partial charge in [0.25, 0.3) is 0 Å². The fourth-order valence-corrected chi connectivity index (χ4v) is 5.39. The van der Waals surface area contributed by atoms with E-state index in [4.69, 9.17) is 27.9 Å². The Kier molecular flexibility index (Phi) is 7.62. The number of carboxylic acids is 1. The van der Waals surface area contributed by atoms with Gasteiger partial charge < -0.3 is 14.7 Å². The number of amides is 1. The molecule has 1 amide bonds. The van der Waals surface area contributed by atoms with Gasteiger partial charge in [0, 0.05) is 28.7 Å². The summed E-state index contributed by atoms with van der Waals surface area (Å²) in [5.74, 6) is -0.197. The molecule has 0 bridgehead atoms. The summed E-state index contributed by atoms with van der Waals surface area (Å²) < 4.78 is 5.62. The van der Waals surface area contributed by atoms with Crippen LogP contribution in [0.15, 0.2) is 54.6 Å². The highest BCUT2D eigenvalue weighted by atomic mass is 35.5. The average molecular weight is 526 g/mol. The fraction of sp³-hybridized carbons (Fsp3) is 0.310. The number of ether oxygens (including phenoxy) is 1. The molecule has 36 heavy (non-hydrogen) atoms. The SMILES string of the molecule is CCN(Cc1cc(C)ccc1-c1cc(CC(=O)O)ccc1OC)C(=O)C1(c2ccc(Cl)cc2Cl)CC1. The molecular weight excluding hydrogens is 497 g/mol. The molecule has 0 atom stereocenters. The molecule has 5 nitrogen and oxygen atoms in total. The summed E-state index contributed by atoms with van der Waals surface area (Å²) in [6.45, 7) is 4.93. The topological polar surface area (TPSA) is 66.8 Å². The molecule has 188 valence electrons. The van der Waals surface area contributed by atoms with E-state index < -0.39 is 11.4 Å². The van der Waals surface area contributed by atoms with Crippen LogP contribution in [0.4, 0.5) is 0 Å². The highest BCUT2D eigenvalue weighted by Crippen LogP contribution is 2.52. The number of nitrogens with zero attached hydrogens (tertiary/aromatic N) is 1. The maximum Gasteiger partial charge on any atom is 0.307 e. The van der Waals surface area contributed by atoms with Gasteiger partial charge in [0.15, 0.2) is 0 Å². The molecule has 0 spiro atoms. The predicted molar refractivity (Wildman–Crippen MR) is 143 cm³/mol. The van der Waals surface area contributed by atoms with Gasteiger partial charge in [0.2, 0.25) is 5.91 Å². The van der Waals surface area contributed by atoms with Crippen molar-refractivity contribution in [3.63, 3.8) is 0 Å². The molecule has 4 rings (SSSR count). The van der Waals surface area contributed by atoms with Crippen molar-refractivity contribution in [3.05, 3.63) is 86.9 Å². The Morgan fingerprint density at radius 2 is 1.78 bits per heavy atom. The normalized spacial score (nSPS) is 13.8. The number of likely N-dealkylation sites (N-methyl/N-ethyl adjacent to an activating group) is 1. The maximum atomic E-state index is 13.9. The van der Waals surface area contributed by atoms with Crippen molar-refractivity contribution in [3.8, 4) is 16.9 Å². The zero-order valence-electron chi connectivity index (χ0n) is 20.6. The summed E-state index contributed by atoms with van der Waals surface area (Å²) in [4.78, 5) is 27.1. The number of aliphatic carboxylic acids is 1. The van der Waals surface area contributed by atoms with Crippen LogP contribution in [0.25, 0.3) is 11.1 Å². The van der Waals surface area contributed by atoms with Crippen LogP contribution < -0.4 is 4.74 Å². The van der Waals surface area contributed by atoms with Crippen molar-refractivity contribution in [1.29, 1.82) is 0 Å². The van der Waals surface area contributed by atoms with Crippen LogP contribution in [-0.4, -0.2) is 35.5 Å². The van der Waals surface area contributed by atoms with E-state index in [1.54, 1.807) is 31.4 Å². The van der Waals surface area contributed by atoms with Crippen molar-refractivity contribution in [2.75, 3.05) is 13.7 Å². The first-order valence-corrected chi connectivity index (χ1v) is 12.7. The van der Waals surface area contributed by atoms with E-state index in [2.05, 4.69) is 6.07 Å². The van der Waals surface area contributed by atoms with Crippen LogP contribution in [0.3, 0.4) is 0 Å². The van der Waals surface area contributed by atoms with Gasteiger partial charge in [-0.15, -0.1) is 0 Å². The number of hydrogen-bond acceptors (Lipinski definition) is 3. The van der Waals surface area contributed by atoms with Gasteiger partial charge in [0.1, 0.15) is 5.75 Å². The number of rotatable bonds is 9. The van der Waals surface area contributed by atoms with Crippen LogP contribution in [-0.2, 0) is 28.0 Å². The van der Waals surface area contributed by atoms with E-state index in [-0.39, 0.29) is 12.3 Å². The lowest BCUT2D eigenvalue weighted by molar-refractivity contribution is -0.136. The van der Waals surface area contributed by atoms with Crippen LogP contribution in [0.1, 0.15) is 42.0 Å². The predicted octanol–water partition coefficient (Wildman–Crippen LogP) is 6.68. The molecule has 1 N–H and O–H groups in total. The summed E-state index contributed by atoms with van der Waals surface area (Å²) >= 11 is 12.6. The number of hydrogen-bond donors (Lipinski definition) is 1. The van der Waals surface area contributed by atoms with Crippen molar-refractivity contribution >= 4 is 35.1 Å². The molecule has 0 radical (unpaired) electrons. The third-order valence-corrected chi connectivity index (χ3v) is 7.35. The molecule has 0 heterocycles. The summed E-state index contributed by atoms with van der Waals surface area (Å²) in [5, 5.41) is 10.3. The number of carboxylic acid groups (broad SMARTS) is 1. The Labute approximate surface area is 221 Å². The highest BCUT2D eigenvalue weighted by Gasteiger charge is 2.53. The Morgan fingerprint density at radius 1 is 1.03 bits per heavy atom. The summed E-state index contributed by atoms with van der Waals surface area (Å²) in [6.07, 6.45) is 1.41. The summed E-state index contributed by atoms with van der Waals surface area (Å²) in [6, 6.07) is 16.8. The molecule has 7 heteroatoms. The van der Waals surface area contributed by atoms with Gasteiger partial charge >= 0.3 is 5.97 Å². The third kappa shape index (κ3) is 5.23. The number of halogens is 2. The second-order valence-corrected chi connectivity index (χ2v) is 10.1. The fourth-order valence-electron chi connectivity index (χ4n) is 4.80. The Morgan fingerprint density at radius 3 is 2.39 bits per heavy atom. The van der Waals surface area contributed by atoms with Crippen molar-refractivity contribution in [2.24, 2.45) is 0 Å². The molecule has 1 aliphatic carbocycles. The van der Waals surface area contributed by atoms with Crippen LogP contribution in [0.2, 0.25) is 10.0 Å². The largest absolute Gasteiger partial charge is 0.496 e. The molecule has 3 aromatic carbocycles. The van der Waals surface area contributed by atoms with Crippen LogP contribution >= 0.6 is 23.2 Å². The van der Waals surface area contributed by atoms with Crippen molar-refractivity contribution in [1.82, 2.24) is 4.90 Å². The number of carbonyl (C=O) groups excluding carboxylic acids is 1. The van der Waals surface area contributed by atoms with Gasteiger partial charge in [-0.3, -0.25) is 9.59 Å². The quantitative estimate of drug-likeness (QED) is 0.338. The minimum Gasteiger partial charge on any atom is -0.496 e. The van der Waals surface area contributed by atoms with Gasteiger partial charge in [-0.05, 0) is 73.2 Å². The molecule has 3 aromatic rings. The smallest absolute Gasteiger partial charge is 0.307 e. The average Bonchev–Trinajstić information content (AvgIpc) is 3.63. The van der Waals surface area contributed by atoms with E-state index in [1.807, 2.05) is 43.0 Å². The standard InChI is InChI=1S/C29H29Cl2NO4/c1-4-32(28(35)29(11-12-29)24-9-7-21(30)16-25(24)31)17-20-13-18(2)5-8-22(20)23-14-19(15-27(33)34)6-10-26(23)36-3/h5-10,13-14,16H,4,11-12,15,17H2,1-3H3,(H,33,34). The minimum absolute atomic E-state index is 0.0493. The molecule has 1 saturated carbocycles. The Balaban J connectivity index is 1.71. The number of benzene rings is 3. The van der Waals surface area contributed by atoms with E-state index in [9.17, 15) is 14.7 Å². The van der Waals surface area contributed by atoms with E-state index >= 15 is 0 Å². The third-order valence-electron chi connectivity index (χ3n) is 6.81. The molecule has 0 aromatic heterocycles. The van der Waals surface area contributed by atoms with Crippen molar-refractivity contribution in [2.45, 2.75) is 45.1 Å². The Bertz CT molecular complexity index is 1320. The lowest BCUT2D eigenvalue weighted by atomic mass is 9.92. The van der Waals surface area contributed by atoms with Gasteiger partial charge in [-0.2, -0.15) is 0 Å². The first-order valence-electron chi connectivity index (χ1n) is 11.9. The molecular formula is C29H29Cl2NO4. The van der Waals surface area contributed by atoms with Crippen LogP contribution in [0.5, 0.6) is 5.75 Å². The van der Waals surface area contributed by atoms with Crippen LogP contribution in [0, 0.1) is 6.92 Å². The zero-order valence-corrected chi connectivity index (χ0v) is 22.1. The second-order valence-electron chi connectivity index (χ2n) is 9.29. The summed E-state index contributed by atoms with van der Waals surface area (Å²) in [5.41, 5.74) is 4.63. The zero-order chi connectivity index (χ0) is 26.0. The van der Waals surface area contributed by atoms with Gasteiger partial charge in [0.05, 0.1) is 18.9 Å². The van der Waals surface area contributed by atoms with Crippen molar-refractivity contribution < 1.29 is 19.4 Å². The Hall–Kier alpha value is -3.02. The maximum absolute atomic E-state index is 13.9. The lowest BCUT2D eigenvalue weighted by Crippen LogP contribution is -2.39. The van der Waals surface area contributed by atoms with E-state index in [0.717, 1.165) is 40.7 Å². The second kappa shape index (κ2) is 10.5. The molecule has 0 unspecified atom stereocenters. The minimum atomic E-state index is -0.895. The summed E-state index contributed by atoms with van der Waals surface area (Å²) in [7, 11) is 1.60. The van der Waals surface area contributed by atoms with E-state index in [0.29, 0.717) is 34.4 Å². The molecule has 0 aliphatic heterocycles. The number of carbonyl (C=O) groups is 2. The number of aryl methyl sites for hydroxylation is 1. The lowest BCUT2D eigenvalue weighted by Gasteiger charge is -2.28. The first kappa shape index (κ1) is 26.1. The van der Waals surface area contributed by atoms with Gasteiger partial charge in [-0.25, -0.2) is 0 Å². The first-order chi connectivity index (χ1) is 17.2. The highest BCUT2D eigenvalue weighted by molar-refractivity contribution is 6.35. The van der Waals surface area contributed by atoms with E-state index in [1.165, 1.54) is 0 Å². The molecule has 1 fully saturated rings. The number of methoxy groups -OCH3 is 1. The van der Waals surface area contributed by atoms with Gasteiger partial charge in [-0.1, -0.05) is 59.1 Å². The monoisotopic (exact) mass is 525 g/mol. The molecule has 1 aliphatic rings.